The number of rotatable bonds is 10. The molecule has 6 aromatic rings. The van der Waals surface area contributed by atoms with E-state index in [0.29, 0.717) is 37.4 Å². The van der Waals surface area contributed by atoms with Crippen LogP contribution in [0.3, 0.4) is 0 Å². The summed E-state index contributed by atoms with van der Waals surface area (Å²) in [4.78, 5) is 45.8. The molecule has 1 aromatic carbocycles. The van der Waals surface area contributed by atoms with Gasteiger partial charge in [0.15, 0.2) is 0 Å². The van der Waals surface area contributed by atoms with E-state index >= 15 is 0 Å². The molecule has 3 N–H and O–H groups in total. The summed E-state index contributed by atoms with van der Waals surface area (Å²) in [6.45, 7) is 12.4. The van der Waals surface area contributed by atoms with Gasteiger partial charge in [-0.3, -0.25) is 9.97 Å². The molecule has 5 heterocycles. The summed E-state index contributed by atoms with van der Waals surface area (Å²) < 4.78 is 10.7. The zero-order chi connectivity index (χ0) is 31.8. The molecule has 0 saturated heterocycles. The minimum Gasteiger partial charge on any atom is -0.461 e. The van der Waals surface area contributed by atoms with E-state index < -0.39 is 0 Å². The van der Waals surface area contributed by atoms with Crippen LogP contribution in [0.25, 0.3) is 32.6 Å². The molecule has 0 aliphatic carbocycles. The lowest BCUT2D eigenvalue weighted by molar-refractivity contribution is 0.0509. The lowest BCUT2D eigenvalue weighted by Gasteiger charge is -2.09. The highest BCUT2D eigenvalue weighted by Crippen LogP contribution is 2.39. The van der Waals surface area contributed by atoms with E-state index in [0.717, 1.165) is 90.4 Å². The molecule has 9 nitrogen and oxygen atoms in total. The van der Waals surface area contributed by atoms with Crippen molar-refractivity contribution >= 4 is 44.5 Å². The number of ether oxygens (including phenoxy) is 2. The molecule has 9 heteroatoms. The Hall–Kier alpha value is -4.92. The minimum atomic E-state index is -0.341. The van der Waals surface area contributed by atoms with Gasteiger partial charge in [-0.05, 0) is 74.9 Å². The number of aromatic nitrogens is 5. The molecular formula is C36H39N5O4. The van der Waals surface area contributed by atoms with Crippen LogP contribution in [0.4, 0.5) is 0 Å². The Kier molecular flexibility index (Phi) is 8.18. The van der Waals surface area contributed by atoms with E-state index in [1.807, 2.05) is 39.8 Å². The summed E-state index contributed by atoms with van der Waals surface area (Å²) in [7, 11) is 0. The van der Waals surface area contributed by atoms with Gasteiger partial charge in [0, 0.05) is 69.6 Å². The molecule has 0 unspecified atom stereocenters. The number of hydrogen-bond donors (Lipinski definition) is 3. The van der Waals surface area contributed by atoms with Crippen molar-refractivity contribution in [2.75, 3.05) is 13.2 Å². The number of pyridine rings is 2. The molecule has 0 atom stereocenters. The SMILES string of the molecule is CCOC(=O)c1[nH]c(Cc2[nH]c(Cc3[nH]c(C(=O)OCC)c(C)c3CC)c3c4cccnc4c4ncccc4c23)c(CC)c1C. The van der Waals surface area contributed by atoms with Crippen LogP contribution in [0.2, 0.25) is 0 Å². The fourth-order valence-corrected chi connectivity index (χ4v) is 6.88. The number of carbonyl (C=O) groups is 2. The largest absolute Gasteiger partial charge is 0.461 e. The maximum Gasteiger partial charge on any atom is 0.355 e. The number of nitrogens with one attached hydrogen (secondary N) is 3. The normalized spacial score (nSPS) is 11.6. The average Bonchev–Trinajstić information content (AvgIpc) is 3.67. The van der Waals surface area contributed by atoms with Crippen molar-refractivity contribution in [3.8, 4) is 0 Å². The molecule has 0 bridgehead atoms. The highest BCUT2D eigenvalue weighted by molar-refractivity contribution is 6.24. The Morgan fingerprint density at radius 3 is 1.44 bits per heavy atom. The Morgan fingerprint density at radius 2 is 1.07 bits per heavy atom. The van der Waals surface area contributed by atoms with Gasteiger partial charge >= 0.3 is 11.9 Å². The molecule has 232 valence electrons. The van der Waals surface area contributed by atoms with E-state index in [2.05, 4.69) is 40.9 Å². The van der Waals surface area contributed by atoms with Gasteiger partial charge in [-0.2, -0.15) is 0 Å². The number of fused-ring (bicyclic) bond motifs is 6. The van der Waals surface area contributed by atoms with Crippen LogP contribution in [0.5, 0.6) is 0 Å². The lowest BCUT2D eigenvalue weighted by atomic mass is 9.96. The molecule has 0 saturated carbocycles. The second-order valence-electron chi connectivity index (χ2n) is 11.3. The smallest absolute Gasteiger partial charge is 0.355 e. The number of hydrogen-bond acceptors (Lipinski definition) is 6. The van der Waals surface area contributed by atoms with Gasteiger partial charge in [0.05, 0.1) is 24.2 Å². The Bertz CT molecular complexity index is 1930. The Labute approximate surface area is 261 Å². The molecule has 0 spiro atoms. The molecule has 0 amide bonds. The fourth-order valence-electron chi connectivity index (χ4n) is 6.88. The molecular weight excluding hydrogens is 566 g/mol. The van der Waals surface area contributed by atoms with E-state index in [1.54, 1.807) is 12.4 Å². The van der Waals surface area contributed by atoms with Crippen LogP contribution in [0.1, 0.15) is 93.7 Å². The zero-order valence-electron chi connectivity index (χ0n) is 26.7. The Morgan fingerprint density at radius 1 is 0.644 bits per heavy atom. The highest BCUT2D eigenvalue weighted by Gasteiger charge is 2.25. The fraction of sp³-hybridized carbons (Fsp3) is 0.333. The first-order chi connectivity index (χ1) is 21.8. The van der Waals surface area contributed by atoms with Crippen molar-refractivity contribution in [2.24, 2.45) is 0 Å². The number of benzene rings is 1. The van der Waals surface area contributed by atoms with Gasteiger partial charge in [-0.15, -0.1) is 0 Å². The number of H-pyrrole nitrogens is 3. The zero-order valence-corrected chi connectivity index (χ0v) is 26.7. The van der Waals surface area contributed by atoms with Crippen LogP contribution >= 0.6 is 0 Å². The van der Waals surface area contributed by atoms with Crippen LogP contribution < -0.4 is 0 Å². The molecule has 45 heavy (non-hydrogen) atoms. The predicted octanol–water partition coefficient (Wildman–Crippen LogP) is 7.20. The topological polar surface area (TPSA) is 126 Å². The predicted molar refractivity (Wildman–Crippen MR) is 176 cm³/mol. The van der Waals surface area contributed by atoms with Crippen molar-refractivity contribution in [3.05, 3.63) is 93.1 Å². The molecule has 0 fully saturated rings. The first-order valence-corrected chi connectivity index (χ1v) is 15.7. The van der Waals surface area contributed by atoms with Crippen molar-refractivity contribution in [1.82, 2.24) is 24.9 Å². The first-order valence-electron chi connectivity index (χ1n) is 15.7. The second kappa shape index (κ2) is 12.2. The highest BCUT2D eigenvalue weighted by atomic mass is 16.5. The van der Waals surface area contributed by atoms with Gasteiger partial charge in [-0.25, -0.2) is 9.59 Å². The molecule has 0 aliphatic heterocycles. The third-order valence-corrected chi connectivity index (χ3v) is 8.84. The lowest BCUT2D eigenvalue weighted by Crippen LogP contribution is -2.07. The quantitative estimate of drug-likeness (QED) is 0.112. The summed E-state index contributed by atoms with van der Waals surface area (Å²) in [5.74, 6) is -0.683. The number of carbonyl (C=O) groups excluding carboxylic acids is 2. The van der Waals surface area contributed by atoms with Crippen LogP contribution in [0, 0.1) is 13.8 Å². The maximum atomic E-state index is 12.8. The number of nitrogens with zero attached hydrogens (tertiary/aromatic N) is 2. The maximum absolute atomic E-state index is 12.8. The summed E-state index contributed by atoms with van der Waals surface area (Å²) in [5, 5.41) is 4.17. The van der Waals surface area contributed by atoms with E-state index in [9.17, 15) is 9.59 Å². The second-order valence-corrected chi connectivity index (χ2v) is 11.3. The standard InChI is InChI=1S/C36H39N5O4/c1-7-21-19(5)31(35(42)44-9-3)40-25(21)17-27-29-23-13-11-15-37-33(23)34-24(14-12-16-38-34)30(29)28(39-27)18-26-22(8-2)20(6)32(41-26)36(43)45-10-4/h11-16,39-41H,7-10,17-18H2,1-6H3. The van der Waals surface area contributed by atoms with Crippen molar-refractivity contribution in [2.45, 2.75) is 67.2 Å². The summed E-state index contributed by atoms with van der Waals surface area (Å²) in [6.07, 6.45) is 6.25. The average molecular weight is 606 g/mol. The van der Waals surface area contributed by atoms with Gasteiger partial charge in [0.1, 0.15) is 11.4 Å². The number of esters is 2. The van der Waals surface area contributed by atoms with Crippen molar-refractivity contribution in [3.63, 3.8) is 0 Å². The summed E-state index contributed by atoms with van der Waals surface area (Å²) >= 11 is 0. The molecule has 6 rings (SSSR count). The minimum absolute atomic E-state index is 0.314. The first kappa shape index (κ1) is 30.1. The van der Waals surface area contributed by atoms with Gasteiger partial charge in [-0.1, -0.05) is 26.0 Å². The Balaban J connectivity index is 1.60. The summed E-state index contributed by atoms with van der Waals surface area (Å²) in [6, 6.07) is 8.11. The van der Waals surface area contributed by atoms with Crippen LogP contribution in [-0.2, 0) is 35.2 Å². The van der Waals surface area contributed by atoms with Gasteiger partial charge < -0.3 is 24.4 Å². The third kappa shape index (κ3) is 5.06. The van der Waals surface area contributed by atoms with Crippen LogP contribution in [0.15, 0.2) is 36.7 Å². The van der Waals surface area contributed by atoms with E-state index in [1.165, 1.54) is 0 Å². The number of aromatic amines is 3. The molecule has 0 radical (unpaired) electrons. The van der Waals surface area contributed by atoms with Crippen LogP contribution in [-0.4, -0.2) is 50.1 Å². The van der Waals surface area contributed by atoms with Crippen molar-refractivity contribution in [1.29, 1.82) is 0 Å². The van der Waals surface area contributed by atoms with E-state index in [-0.39, 0.29) is 11.9 Å². The molecule has 0 aliphatic rings. The summed E-state index contributed by atoms with van der Waals surface area (Å²) in [5.41, 5.74) is 10.7. The monoisotopic (exact) mass is 605 g/mol. The van der Waals surface area contributed by atoms with E-state index in [4.69, 9.17) is 19.4 Å². The molecule has 5 aromatic heterocycles. The van der Waals surface area contributed by atoms with Crippen molar-refractivity contribution < 1.29 is 19.1 Å². The van der Waals surface area contributed by atoms with Gasteiger partial charge in [0.25, 0.3) is 0 Å². The third-order valence-electron chi connectivity index (χ3n) is 8.84. The van der Waals surface area contributed by atoms with Gasteiger partial charge in [0.2, 0.25) is 0 Å².